The molecule has 9 nitrogen and oxygen atoms in total. The van der Waals surface area contributed by atoms with Crippen molar-refractivity contribution >= 4 is 23.9 Å². The second-order valence-electron chi connectivity index (χ2n) is 4.98. The lowest BCUT2D eigenvalue weighted by Crippen LogP contribution is -2.42. The van der Waals surface area contributed by atoms with Crippen molar-refractivity contribution in [3.63, 3.8) is 0 Å². The lowest BCUT2D eigenvalue weighted by atomic mass is 10.2. The minimum absolute atomic E-state index is 0.111. The molecular weight excluding hydrogens is 282 g/mol. The van der Waals surface area contributed by atoms with Crippen molar-refractivity contribution in [2.45, 2.75) is 46.3 Å². The van der Waals surface area contributed by atoms with Crippen LogP contribution in [0.5, 0.6) is 0 Å². The Bertz CT molecular complexity index is 427. The number of hydrogen-bond donors (Lipinski definition) is 2. The molecule has 0 spiro atoms. The second-order valence-corrected chi connectivity index (χ2v) is 4.98. The molecule has 0 aromatic rings. The van der Waals surface area contributed by atoms with Crippen LogP contribution in [0.15, 0.2) is 5.16 Å². The molecule has 3 N–H and O–H groups in total. The summed E-state index contributed by atoms with van der Waals surface area (Å²) in [6.07, 6.45) is -0.783. The lowest BCUT2D eigenvalue weighted by Gasteiger charge is -2.20. The predicted octanol–water partition coefficient (Wildman–Crippen LogP) is 0.278. The van der Waals surface area contributed by atoms with E-state index in [9.17, 15) is 14.4 Å². The number of nitrogens with zero attached hydrogens (tertiary/aromatic N) is 1. The van der Waals surface area contributed by atoms with E-state index in [2.05, 4.69) is 20.0 Å². The molecule has 21 heavy (non-hydrogen) atoms. The first-order chi connectivity index (χ1) is 9.56. The van der Waals surface area contributed by atoms with Crippen LogP contribution in [0, 0.1) is 0 Å². The summed E-state index contributed by atoms with van der Waals surface area (Å²) in [5, 5.41) is 5.38. The molecule has 0 rings (SSSR count). The Balaban J connectivity index is 4.37. The summed E-state index contributed by atoms with van der Waals surface area (Å²) >= 11 is 0. The van der Waals surface area contributed by atoms with Crippen LogP contribution in [0.4, 0.5) is 4.79 Å². The fraction of sp³-hybridized carbons (Fsp3) is 0.667. The molecule has 1 atom stereocenters. The number of oxime groups is 1. The number of amidine groups is 1. The normalized spacial score (nSPS) is 13.1. The SMILES string of the molecule is CCOC(=O)C(N)=NOC(=O)[C@H](C)NC(=O)OC(C)(C)C. The summed E-state index contributed by atoms with van der Waals surface area (Å²) in [4.78, 5) is 38.5. The Morgan fingerprint density at radius 1 is 1.29 bits per heavy atom. The molecule has 9 heteroatoms. The number of esters is 1. The maximum Gasteiger partial charge on any atom is 0.408 e. The molecule has 0 saturated carbocycles. The van der Waals surface area contributed by atoms with Crippen LogP contribution in [0.3, 0.4) is 0 Å². The highest BCUT2D eigenvalue weighted by Crippen LogP contribution is 2.06. The zero-order valence-corrected chi connectivity index (χ0v) is 12.8. The minimum atomic E-state index is -1.03. The van der Waals surface area contributed by atoms with Gasteiger partial charge in [-0.1, -0.05) is 5.16 Å². The summed E-state index contributed by atoms with van der Waals surface area (Å²) in [6.45, 7) is 8.10. The van der Waals surface area contributed by atoms with E-state index in [1.165, 1.54) is 6.92 Å². The van der Waals surface area contributed by atoms with Gasteiger partial charge in [-0.3, -0.25) is 0 Å². The van der Waals surface area contributed by atoms with Crippen molar-refractivity contribution in [2.75, 3.05) is 6.61 Å². The largest absolute Gasteiger partial charge is 0.460 e. The van der Waals surface area contributed by atoms with Crippen LogP contribution in [0.25, 0.3) is 0 Å². The van der Waals surface area contributed by atoms with E-state index in [1.807, 2.05) is 0 Å². The summed E-state index contributed by atoms with van der Waals surface area (Å²) in [7, 11) is 0. The number of carbonyl (C=O) groups is 3. The third-order valence-corrected chi connectivity index (χ3v) is 1.81. The Morgan fingerprint density at radius 3 is 2.33 bits per heavy atom. The first-order valence-electron chi connectivity index (χ1n) is 6.27. The molecule has 0 saturated heterocycles. The van der Waals surface area contributed by atoms with E-state index >= 15 is 0 Å². The van der Waals surface area contributed by atoms with Crippen LogP contribution >= 0.6 is 0 Å². The van der Waals surface area contributed by atoms with E-state index in [4.69, 9.17) is 10.5 Å². The number of ether oxygens (including phenoxy) is 2. The highest BCUT2D eigenvalue weighted by atomic mass is 16.7. The topological polar surface area (TPSA) is 129 Å². The molecule has 0 fully saturated rings. The first kappa shape index (κ1) is 18.7. The Hall–Kier alpha value is -2.32. The van der Waals surface area contributed by atoms with Gasteiger partial charge in [0.2, 0.25) is 5.84 Å². The smallest absolute Gasteiger partial charge is 0.408 e. The molecule has 1 amide bonds. The van der Waals surface area contributed by atoms with Crippen LogP contribution in [-0.4, -0.2) is 42.1 Å². The van der Waals surface area contributed by atoms with Gasteiger partial charge in [0.15, 0.2) is 0 Å². The Kier molecular flexibility index (Phi) is 7.18. The zero-order chi connectivity index (χ0) is 16.6. The van der Waals surface area contributed by atoms with Crippen molar-refractivity contribution in [1.29, 1.82) is 0 Å². The first-order valence-corrected chi connectivity index (χ1v) is 6.27. The standard InChI is InChI=1S/C12H21N3O6/c1-6-19-10(17)8(13)15-21-9(16)7(2)14-11(18)20-12(3,4)5/h7H,6H2,1-5H3,(H2,13,15)(H,14,18)/t7-/m0/s1. The Morgan fingerprint density at radius 2 is 1.86 bits per heavy atom. The van der Waals surface area contributed by atoms with Crippen LogP contribution in [-0.2, 0) is 23.9 Å². The van der Waals surface area contributed by atoms with Gasteiger partial charge in [0.05, 0.1) is 6.61 Å². The molecule has 0 aliphatic rings. The zero-order valence-electron chi connectivity index (χ0n) is 12.8. The van der Waals surface area contributed by atoms with E-state index in [0.29, 0.717) is 0 Å². The maximum absolute atomic E-state index is 11.5. The van der Waals surface area contributed by atoms with Crippen LogP contribution < -0.4 is 11.1 Å². The summed E-state index contributed by atoms with van der Waals surface area (Å²) in [5.74, 6) is -2.42. The minimum Gasteiger partial charge on any atom is -0.460 e. The number of rotatable bonds is 4. The maximum atomic E-state index is 11.5. The highest BCUT2D eigenvalue weighted by Gasteiger charge is 2.22. The number of nitrogens with two attached hydrogens (primary N) is 1. The van der Waals surface area contributed by atoms with Gasteiger partial charge >= 0.3 is 18.0 Å². The van der Waals surface area contributed by atoms with Crippen molar-refractivity contribution in [3.05, 3.63) is 0 Å². The summed E-state index contributed by atoms with van der Waals surface area (Å²) in [5.41, 5.74) is 4.53. The van der Waals surface area contributed by atoms with Crippen LogP contribution in [0.1, 0.15) is 34.6 Å². The number of nitrogens with one attached hydrogen (secondary N) is 1. The van der Waals surface area contributed by atoms with E-state index in [1.54, 1.807) is 27.7 Å². The van der Waals surface area contributed by atoms with Crippen molar-refractivity contribution in [1.82, 2.24) is 5.32 Å². The van der Waals surface area contributed by atoms with E-state index in [-0.39, 0.29) is 6.61 Å². The molecule has 0 unspecified atom stereocenters. The number of alkyl carbamates (subject to hydrolysis) is 1. The Labute approximate surface area is 122 Å². The van der Waals surface area contributed by atoms with Gasteiger partial charge in [-0.05, 0) is 34.6 Å². The van der Waals surface area contributed by atoms with Gasteiger partial charge in [0.25, 0.3) is 0 Å². The molecule has 0 aromatic carbocycles. The van der Waals surface area contributed by atoms with Gasteiger partial charge in [-0.25, -0.2) is 14.4 Å². The van der Waals surface area contributed by atoms with Gasteiger partial charge < -0.3 is 25.4 Å². The summed E-state index contributed by atoms with van der Waals surface area (Å²) in [6, 6.07) is -1.03. The molecule has 0 heterocycles. The van der Waals surface area contributed by atoms with Crippen LogP contribution in [0.2, 0.25) is 0 Å². The van der Waals surface area contributed by atoms with Crippen molar-refractivity contribution in [3.8, 4) is 0 Å². The monoisotopic (exact) mass is 303 g/mol. The molecule has 0 bridgehead atoms. The molecule has 0 radical (unpaired) electrons. The number of amides is 1. The average Bonchev–Trinajstić information content (AvgIpc) is 2.33. The lowest BCUT2D eigenvalue weighted by molar-refractivity contribution is -0.145. The van der Waals surface area contributed by atoms with Gasteiger partial charge in [-0.15, -0.1) is 0 Å². The second kappa shape index (κ2) is 8.08. The van der Waals surface area contributed by atoms with Gasteiger partial charge in [0.1, 0.15) is 11.6 Å². The van der Waals surface area contributed by atoms with Crippen molar-refractivity contribution in [2.24, 2.45) is 10.9 Å². The predicted molar refractivity (Wildman–Crippen MR) is 73.2 cm³/mol. The number of hydrogen-bond acceptors (Lipinski definition) is 7. The third-order valence-electron chi connectivity index (χ3n) is 1.81. The van der Waals surface area contributed by atoms with Crippen molar-refractivity contribution < 1.29 is 28.7 Å². The average molecular weight is 303 g/mol. The highest BCUT2D eigenvalue weighted by molar-refractivity contribution is 6.34. The molecule has 0 aromatic heterocycles. The van der Waals surface area contributed by atoms with Gasteiger partial charge in [0, 0.05) is 0 Å². The van der Waals surface area contributed by atoms with Gasteiger partial charge in [-0.2, -0.15) is 0 Å². The quantitative estimate of drug-likeness (QED) is 0.251. The molecular formula is C12H21N3O6. The molecule has 0 aliphatic carbocycles. The molecule has 0 aliphatic heterocycles. The third kappa shape index (κ3) is 8.45. The van der Waals surface area contributed by atoms with E-state index in [0.717, 1.165) is 0 Å². The van der Waals surface area contributed by atoms with E-state index < -0.39 is 35.5 Å². The molecule has 120 valence electrons. The fourth-order valence-electron chi connectivity index (χ4n) is 0.959. The number of carbonyl (C=O) groups excluding carboxylic acids is 3. The summed E-state index contributed by atoms with van der Waals surface area (Å²) < 4.78 is 9.50. The fourth-order valence-corrected chi connectivity index (χ4v) is 0.959.